The summed E-state index contributed by atoms with van der Waals surface area (Å²) in [6.07, 6.45) is 0. The van der Waals surface area contributed by atoms with Crippen LogP contribution in [-0.4, -0.2) is 22.8 Å². The summed E-state index contributed by atoms with van der Waals surface area (Å²) in [5.41, 5.74) is 0.701. The molecule has 0 fully saturated rings. The number of amides is 1. The van der Waals surface area contributed by atoms with Gasteiger partial charge in [-0.25, -0.2) is 9.37 Å². The molecule has 3 nitrogen and oxygen atoms in total. The minimum absolute atomic E-state index is 0.180. The quantitative estimate of drug-likeness (QED) is 0.808. The summed E-state index contributed by atoms with van der Waals surface area (Å²) in [5, 5.41) is 0.255. The summed E-state index contributed by atoms with van der Waals surface area (Å²) in [7, 11) is 1.59. The summed E-state index contributed by atoms with van der Waals surface area (Å²) < 4.78 is 13.5. The van der Waals surface area contributed by atoms with Crippen LogP contribution >= 0.6 is 11.6 Å². The Morgan fingerprint density at radius 3 is 2.68 bits per heavy atom. The molecule has 0 aliphatic carbocycles. The Hall–Kier alpha value is -1.94. The van der Waals surface area contributed by atoms with Crippen molar-refractivity contribution in [1.82, 2.24) is 9.88 Å². The lowest BCUT2D eigenvalue weighted by Gasteiger charge is -2.17. The van der Waals surface area contributed by atoms with Crippen LogP contribution < -0.4 is 0 Å². The van der Waals surface area contributed by atoms with Crippen molar-refractivity contribution in [2.75, 3.05) is 7.05 Å². The Labute approximate surface area is 115 Å². The molecule has 0 spiro atoms. The number of hydrogen-bond acceptors (Lipinski definition) is 2. The third-order valence-corrected chi connectivity index (χ3v) is 2.86. The maximum atomic E-state index is 13.5. The van der Waals surface area contributed by atoms with E-state index in [-0.39, 0.29) is 29.1 Å². The van der Waals surface area contributed by atoms with Gasteiger partial charge in [0.25, 0.3) is 5.91 Å². The number of hydrogen-bond donors (Lipinski definition) is 0. The van der Waals surface area contributed by atoms with Crippen LogP contribution in [0.15, 0.2) is 42.5 Å². The standard InChI is InChI=1S/C14H12ClFN2O/c1-18(9-10-5-2-3-6-11(10)16)14(19)12-7-4-8-13(15)17-12/h2-8H,9H2,1H3. The number of carbonyl (C=O) groups is 1. The monoisotopic (exact) mass is 278 g/mol. The van der Waals surface area contributed by atoms with Gasteiger partial charge in [0, 0.05) is 19.2 Å². The molecule has 0 aliphatic rings. The van der Waals surface area contributed by atoms with Crippen molar-refractivity contribution < 1.29 is 9.18 Å². The lowest BCUT2D eigenvalue weighted by atomic mass is 10.2. The summed E-state index contributed by atoms with van der Waals surface area (Å²) >= 11 is 5.74. The van der Waals surface area contributed by atoms with E-state index in [1.807, 2.05) is 0 Å². The van der Waals surface area contributed by atoms with Gasteiger partial charge in [0.15, 0.2) is 0 Å². The van der Waals surface area contributed by atoms with Gasteiger partial charge in [-0.3, -0.25) is 4.79 Å². The maximum absolute atomic E-state index is 13.5. The molecule has 19 heavy (non-hydrogen) atoms. The fourth-order valence-corrected chi connectivity index (χ4v) is 1.84. The average Bonchev–Trinajstić information content (AvgIpc) is 2.40. The van der Waals surface area contributed by atoms with E-state index in [0.717, 1.165) is 0 Å². The highest BCUT2D eigenvalue weighted by atomic mass is 35.5. The summed E-state index contributed by atoms with van der Waals surface area (Å²) in [6, 6.07) is 11.2. The van der Waals surface area contributed by atoms with Crippen LogP contribution in [0.2, 0.25) is 5.15 Å². The van der Waals surface area contributed by atoms with Crippen molar-refractivity contribution in [3.8, 4) is 0 Å². The minimum atomic E-state index is -0.332. The first-order chi connectivity index (χ1) is 9.08. The van der Waals surface area contributed by atoms with Gasteiger partial charge < -0.3 is 4.90 Å². The zero-order valence-corrected chi connectivity index (χ0v) is 11.1. The third-order valence-electron chi connectivity index (χ3n) is 2.65. The average molecular weight is 279 g/mol. The van der Waals surface area contributed by atoms with Gasteiger partial charge in [-0.05, 0) is 18.2 Å². The first-order valence-electron chi connectivity index (χ1n) is 5.69. The fraction of sp³-hybridized carbons (Fsp3) is 0.143. The fourth-order valence-electron chi connectivity index (χ4n) is 1.68. The number of pyridine rings is 1. The molecule has 0 saturated heterocycles. The van der Waals surface area contributed by atoms with Crippen molar-refractivity contribution in [3.63, 3.8) is 0 Å². The topological polar surface area (TPSA) is 33.2 Å². The van der Waals surface area contributed by atoms with Crippen molar-refractivity contribution in [3.05, 3.63) is 64.7 Å². The lowest BCUT2D eigenvalue weighted by Crippen LogP contribution is -2.27. The Morgan fingerprint density at radius 1 is 1.26 bits per heavy atom. The number of carbonyl (C=O) groups excluding carboxylic acids is 1. The van der Waals surface area contributed by atoms with E-state index in [4.69, 9.17) is 11.6 Å². The van der Waals surface area contributed by atoms with E-state index in [1.165, 1.54) is 11.0 Å². The van der Waals surface area contributed by atoms with Gasteiger partial charge >= 0.3 is 0 Å². The van der Waals surface area contributed by atoms with Crippen molar-refractivity contribution >= 4 is 17.5 Å². The van der Waals surface area contributed by atoms with Crippen LogP contribution in [0.4, 0.5) is 4.39 Å². The van der Waals surface area contributed by atoms with E-state index < -0.39 is 0 Å². The molecule has 0 radical (unpaired) electrons. The van der Waals surface area contributed by atoms with Gasteiger partial charge in [0.2, 0.25) is 0 Å². The minimum Gasteiger partial charge on any atom is -0.336 e. The second kappa shape index (κ2) is 5.80. The second-order valence-electron chi connectivity index (χ2n) is 4.10. The van der Waals surface area contributed by atoms with Crippen LogP contribution in [0, 0.1) is 5.82 Å². The van der Waals surface area contributed by atoms with Crippen LogP contribution in [-0.2, 0) is 6.54 Å². The molecule has 0 unspecified atom stereocenters. The van der Waals surface area contributed by atoms with E-state index in [2.05, 4.69) is 4.98 Å². The molecule has 5 heteroatoms. The van der Waals surface area contributed by atoms with E-state index in [1.54, 1.807) is 43.4 Å². The molecule has 0 N–H and O–H groups in total. The molecule has 0 saturated carbocycles. The van der Waals surface area contributed by atoms with Gasteiger partial charge in [0.1, 0.15) is 16.7 Å². The molecule has 1 aromatic heterocycles. The lowest BCUT2D eigenvalue weighted by molar-refractivity contribution is 0.0778. The summed E-state index contributed by atoms with van der Waals surface area (Å²) in [5.74, 6) is -0.632. The van der Waals surface area contributed by atoms with Gasteiger partial charge in [-0.15, -0.1) is 0 Å². The molecule has 0 bridgehead atoms. The molecule has 0 aliphatic heterocycles. The Kier molecular flexibility index (Phi) is 4.12. The van der Waals surface area contributed by atoms with E-state index in [0.29, 0.717) is 5.56 Å². The Bertz CT molecular complexity index is 604. The number of aromatic nitrogens is 1. The number of rotatable bonds is 3. The predicted octanol–water partition coefficient (Wildman–Crippen LogP) is 3.15. The molecule has 2 rings (SSSR count). The van der Waals surface area contributed by atoms with E-state index in [9.17, 15) is 9.18 Å². The molecule has 98 valence electrons. The molecule has 1 heterocycles. The first kappa shape index (κ1) is 13.5. The SMILES string of the molecule is CN(Cc1ccccc1F)C(=O)c1cccc(Cl)n1. The summed E-state index contributed by atoms with van der Waals surface area (Å²) in [4.78, 5) is 17.4. The number of halogens is 2. The third kappa shape index (κ3) is 3.29. The van der Waals surface area contributed by atoms with Crippen LogP contribution in [0.1, 0.15) is 16.1 Å². The predicted molar refractivity (Wildman–Crippen MR) is 71.4 cm³/mol. The maximum Gasteiger partial charge on any atom is 0.272 e. The van der Waals surface area contributed by atoms with Crippen molar-refractivity contribution in [2.24, 2.45) is 0 Å². The molecular weight excluding hydrogens is 267 g/mol. The number of nitrogens with zero attached hydrogens (tertiary/aromatic N) is 2. The van der Waals surface area contributed by atoms with Crippen molar-refractivity contribution in [1.29, 1.82) is 0 Å². The van der Waals surface area contributed by atoms with Crippen LogP contribution in [0.3, 0.4) is 0 Å². The van der Waals surface area contributed by atoms with Crippen LogP contribution in [0.25, 0.3) is 0 Å². The van der Waals surface area contributed by atoms with E-state index >= 15 is 0 Å². The highest BCUT2D eigenvalue weighted by Crippen LogP contribution is 2.12. The first-order valence-corrected chi connectivity index (χ1v) is 6.07. The molecular formula is C14H12ClFN2O. The molecule has 1 amide bonds. The highest BCUT2D eigenvalue weighted by molar-refractivity contribution is 6.29. The second-order valence-corrected chi connectivity index (χ2v) is 4.49. The zero-order valence-electron chi connectivity index (χ0n) is 10.3. The van der Waals surface area contributed by atoms with Gasteiger partial charge in [-0.2, -0.15) is 0 Å². The Balaban J connectivity index is 2.14. The molecule has 1 aromatic carbocycles. The van der Waals surface area contributed by atoms with Crippen molar-refractivity contribution in [2.45, 2.75) is 6.54 Å². The normalized spacial score (nSPS) is 10.3. The van der Waals surface area contributed by atoms with Gasteiger partial charge in [-0.1, -0.05) is 35.9 Å². The molecule has 0 atom stereocenters. The number of benzene rings is 1. The smallest absolute Gasteiger partial charge is 0.272 e. The van der Waals surface area contributed by atoms with Gasteiger partial charge in [0.05, 0.1) is 0 Å². The summed E-state index contributed by atoms with van der Waals surface area (Å²) in [6.45, 7) is 0.180. The highest BCUT2D eigenvalue weighted by Gasteiger charge is 2.15. The zero-order chi connectivity index (χ0) is 13.8. The van der Waals surface area contributed by atoms with Crippen LogP contribution in [0.5, 0.6) is 0 Å². The molecule has 2 aromatic rings. The largest absolute Gasteiger partial charge is 0.336 e. The Morgan fingerprint density at radius 2 is 2.00 bits per heavy atom.